The lowest BCUT2D eigenvalue weighted by molar-refractivity contribution is -0.133. The fraction of sp³-hybridized carbons (Fsp3) is 0.923. The van der Waals surface area contributed by atoms with Crippen LogP contribution in [0.1, 0.15) is 32.6 Å². The third-order valence-corrected chi connectivity index (χ3v) is 6.14. The van der Waals surface area contributed by atoms with Crippen LogP contribution in [0.25, 0.3) is 0 Å². The predicted octanol–water partition coefficient (Wildman–Crippen LogP) is 0.506. The van der Waals surface area contributed by atoms with Gasteiger partial charge in [0, 0.05) is 25.0 Å². The number of carbonyl (C=O) groups is 1. The van der Waals surface area contributed by atoms with Gasteiger partial charge in [0.15, 0.2) is 9.84 Å². The van der Waals surface area contributed by atoms with Gasteiger partial charge in [0.05, 0.1) is 11.5 Å². The summed E-state index contributed by atoms with van der Waals surface area (Å²) >= 11 is 0. The Balaban J connectivity index is 1.95. The molecule has 0 aromatic carbocycles. The van der Waals surface area contributed by atoms with Crippen LogP contribution in [0.5, 0.6) is 0 Å². The maximum Gasteiger partial charge on any atom is 0.224 e. The van der Waals surface area contributed by atoms with Crippen LogP contribution in [-0.4, -0.2) is 67.9 Å². The predicted molar refractivity (Wildman–Crippen MR) is 74.7 cm³/mol. The lowest BCUT2D eigenvalue weighted by Gasteiger charge is -2.29. The number of carbonyl (C=O) groups excluding carboxylic acids is 1. The van der Waals surface area contributed by atoms with Gasteiger partial charge >= 0.3 is 0 Å². The van der Waals surface area contributed by atoms with E-state index >= 15 is 0 Å². The summed E-state index contributed by atoms with van der Waals surface area (Å²) in [5.41, 5.74) is 0. The van der Waals surface area contributed by atoms with Gasteiger partial charge < -0.3 is 9.80 Å². The molecule has 2 unspecified atom stereocenters. The maximum absolute atomic E-state index is 12.4. The Kier molecular flexibility index (Phi) is 4.50. The van der Waals surface area contributed by atoms with E-state index < -0.39 is 9.84 Å². The second-order valence-electron chi connectivity index (χ2n) is 5.72. The molecule has 5 nitrogen and oxygen atoms in total. The Labute approximate surface area is 115 Å². The number of amides is 1. The maximum atomic E-state index is 12.4. The van der Waals surface area contributed by atoms with Crippen molar-refractivity contribution in [3.63, 3.8) is 0 Å². The molecule has 0 saturated carbocycles. The zero-order chi connectivity index (χ0) is 14.0. The van der Waals surface area contributed by atoms with Gasteiger partial charge in [0.25, 0.3) is 0 Å². The van der Waals surface area contributed by atoms with E-state index in [9.17, 15) is 13.2 Å². The molecule has 2 heterocycles. The highest BCUT2D eigenvalue weighted by Gasteiger charge is 2.35. The zero-order valence-electron chi connectivity index (χ0n) is 11.8. The first kappa shape index (κ1) is 14.8. The molecule has 2 fully saturated rings. The molecular weight excluding hydrogens is 264 g/mol. The van der Waals surface area contributed by atoms with Gasteiger partial charge in [-0.1, -0.05) is 0 Å². The summed E-state index contributed by atoms with van der Waals surface area (Å²) < 4.78 is 23.1. The number of hydrogen-bond donors (Lipinski definition) is 0. The van der Waals surface area contributed by atoms with Gasteiger partial charge in [-0.2, -0.15) is 0 Å². The number of rotatable bonds is 4. The molecule has 2 saturated heterocycles. The Bertz CT molecular complexity index is 435. The molecular formula is C13H24N2O3S. The number of likely N-dealkylation sites (tertiary alicyclic amines) is 1. The van der Waals surface area contributed by atoms with E-state index in [0.29, 0.717) is 25.4 Å². The standard InChI is InChI=1S/C13H24N2O3S/c1-3-15(12-6-8-19(17,18)10-12)13(16)9-11-5-4-7-14(11)2/h11-12H,3-10H2,1-2H3. The van der Waals surface area contributed by atoms with Gasteiger partial charge in [-0.15, -0.1) is 0 Å². The van der Waals surface area contributed by atoms with E-state index in [1.807, 2.05) is 6.92 Å². The SMILES string of the molecule is CCN(C(=O)CC1CCCN1C)C1CCS(=O)(=O)C1. The zero-order valence-corrected chi connectivity index (χ0v) is 12.7. The number of nitrogens with zero attached hydrogens (tertiary/aromatic N) is 2. The molecule has 0 spiro atoms. The first-order valence-electron chi connectivity index (χ1n) is 7.13. The Morgan fingerprint density at radius 2 is 2.11 bits per heavy atom. The van der Waals surface area contributed by atoms with E-state index in [4.69, 9.17) is 0 Å². The molecule has 0 bridgehead atoms. The van der Waals surface area contributed by atoms with Crippen molar-refractivity contribution in [2.45, 2.75) is 44.7 Å². The highest BCUT2D eigenvalue weighted by Crippen LogP contribution is 2.22. The van der Waals surface area contributed by atoms with Crippen LogP contribution < -0.4 is 0 Å². The molecule has 2 rings (SSSR count). The number of sulfone groups is 1. The van der Waals surface area contributed by atoms with Crippen LogP contribution >= 0.6 is 0 Å². The van der Waals surface area contributed by atoms with Crippen molar-refractivity contribution in [3.05, 3.63) is 0 Å². The minimum absolute atomic E-state index is 0.103. The van der Waals surface area contributed by atoms with Crippen LogP contribution in [-0.2, 0) is 14.6 Å². The summed E-state index contributed by atoms with van der Waals surface area (Å²) in [5, 5.41) is 0. The fourth-order valence-corrected chi connectivity index (χ4v) is 4.95. The highest BCUT2D eigenvalue weighted by molar-refractivity contribution is 7.91. The van der Waals surface area contributed by atoms with Gasteiger partial charge in [-0.3, -0.25) is 4.79 Å². The molecule has 110 valence electrons. The minimum Gasteiger partial charge on any atom is -0.339 e. The Morgan fingerprint density at radius 3 is 2.58 bits per heavy atom. The molecule has 0 aromatic heterocycles. The smallest absolute Gasteiger partial charge is 0.224 e. The molecule has 19 heavy (non-hydrogen) atoms. The quantitative estimate of drug-likeness (QED) is 0.756. The van der Waals surface area contributed by atoms with Crippen molar-refractivity contribution < 1.29 is 13.2 Å². The molecule has 0 radical (unpaired) electrons. The topological polar surface area (TPSA) is 57.7 Å². The molecule has 0 aromatic rings. The van der Waals surface area contributed by atoms with Crippen LogP contribution in [0.15, 0.2) is 0 Å². The molecule has 6 heteroatoms. The first-order valence-corrected chi connectivity index (χ1v) is 8.95. The van der Waals surface area contributed by atoms with Crippen LogP contribution in [0.4, 0.5) is 0 Å². The van der Waals surface area contributed by atoms with Crippen molar-refractivity contribution in [1.29, 1.82) is 0 Å². The van der Waals surface area contributed by atoms with Crippen molar-refractivity contribution in [2.75, 3.05) is 31.6 Å². The summed E-state index contributed by atoms with van der Waals surface area (Å²) in [6.07, 6.45) is 3.35. The Hall–Kier alpha value is -0.620. The molecule has 2 atom stereocenters. The monoisotopic (exact) mass is 288 g/mol. The summed E-state index contributed by atoms with van der Waals surface area (Å²) in [4.78, 5) is 16.4. The van der Waals surface area contributed by atoms with E-state index in [0.717, 1.165) is 19.4 Å². The van der Waals surface area contributed by atoms with E-state index in [2.05, 4.69) is 11.9 Å². The largest absolute Gasteiger partial charge is 0.339 e. The second kappa shape index (κ2) is 5.79. The van der Waals surface area contributed by atoms with Gasteiger partial charge in [-0.05, 0) is 39.8 Å². The van der Waals surface area contributed by atoms with Gasteiger partial charge in [-0.25, -0.2) is 8.42 Å². The van der Waals surface area contributed by atoms with E-state index in [1.165, 1.54) is 0 Å². The van der Waals surface area contributed by atoms with Crippen LogP contribution in [0.3, 0.4) is 0 Å². The van der Waals surface area contributed by atoms with Gasteiger partial charge in [0.2, 0.25) is 5.91 Å². The average molecular weight is 288 g/mol. The summed E-state index contributed by atoms with van der Waals surface area (Å²) in [7, 11) is -0.870. The summed E-state index contributed by atoms with van der Waals surface area (Å²) in [6, 6.07) is 0.230. The van der Waals surface area contributed by atoms with Crippen molar-refractivity contribution in [2.24, 2.45) is 0 Å². The van der Waals surface area contributed by atoms with Gasteiger partial charge in [0.1, 0.15) is 0 Å². The third kappa shape index (κ3) is 3.48. The van der Waals surface area contributed by atoms with E-state index in [1.54, 1.807) is 4.90 Å². The molecule has 0 N–H and O–H groups in total. The van der Waals surface area contributed by atoms with Crippen molar-refractivity contribution >= 4 is 15.7 Å². The third-order valence-electron chi connectivity index (χ3n) is 4.39. The fourth-order valence-electron chi connectivity index (χ4n) is 3.22. The first-order chi connectivity index (χ1) is 8.93. The normalized spacial score (nSPS) is 30.6. The number of hydrogen-bond acceptors (Lipinski definition) is 4. The van der Waals surface area contributed by atoms with Crippen molar-refractivity contribution in [3.8, 4) is 0 Å². The van der Waals surface area contributed by atoms with E-state index in [-0.39, 0.29) is 23.5 Å². The molecule has 2 aliphatic heterocycles. The lowest BCUT2D eigenvalue weighted by Crippen LogP contribution is -2.43. The molecule has 2 aliphatic rings. The highest BCUT2D eigenvalue weighted by atomic mass is 32.2. The minimum atomic E-state index is -2.93. The molecule has 1 amide bonds. The average Bonchev–Trinajstić information content (AvgIpc) is 2.87. The lowest BCUT2D eigenvalue weighted by atomic mass is 10.1. The summed E-state index contributed by atoms with van der Waals surface area (Å²) in [6.45, 7) is 3.60. The molecule has 0 aliphatic carbocycles. The van der Waals surface area contributed by atoms with Crippen LogP contribution in [0, 0.1) is 0 Å². The second-order valence-corrected chi connectivity index (χ2v) is 7.95. The Morgan fingerprint density at radius 1 is 1.37 bits per heavy atom. The van der Waals surface area contributed by atoms with Crippen LogP contribution in [0.2, 0.25) is 0 Å². The van der Waals surface area contributed by atoms with Crippen molar-refractivity contribution in [1.82, 2.24) is 9.80 Å². The summed E-state index contributed by atoms with van der Waals surface area (Å²) in [5.74, 6) is 0.487.